The molecule has 0 unspecified atom stereocenters. The summed E-state index contributed by atoms with van der Waals surface area (Å²) in [6, 6.07) is 20.6. The normalized spacial score (nSPS) is 11.0. The summed E-state index contributed by atoms with van der Waals surface area (Å²) in [5.74, 6) is 0.307. The van der Waals surface area contributed by atoms with E-state index in [1.807, 2.05) is 18.2 Å². The van der Waals surface area contributed by atoms with Crippen LogP contribution in [0.25, 0.3) is 0 Å². The van der Waals surface area contributed by atoms with Crippen LogP contribution < -0.4 is 15.4 Å². The maximum atomic E-state index is 12.6. The standard InChI is InChI=1S/C21H17F3N2O2/c22-21(23,24)15-6-8-16(9-7-15)25-17-10-12-18(13-11-17)26-20(27)14-28-19-4-2-1-3-5-19/h1-13,25H,14H2,(H,26,27). The second-order valence-electron chi connectivity index (χ2n) is 5.93. The molecule has 0 radical (unpaired) electrons. The first kappa shape index (κ1) is 19.3. The molecule has 3 aromatic rings. The molecule has 2 N–H and O–H groups in total. The summed E-state index contributed by atoms with van der Waals surface area (Å²) in [6.45, 7) is -0.116. The van der Waals surface area contributed by atoms with Gasteiger partial charge in [-0.05, 0) is 60.7 Å². The van der Waals surface area contributed by atoms with Gasteiger partial charge in [0.1, 0.15) is 5.75 Å². The zero-order chi connectivity index (χ0) is 20.0. The Labute approximate surface area is 160 Å². The summed E-state index contributed by atoms with van der Waals surface area (Å²) in [7, 11) is 0. The molecule has 144 valence electrons. The maximum absolute atomic E-state index is 12.6. The molecule has 0 bridgehead atoms. The summed E-state index contributed by atoms with van der Waals surface area (Å²) >= 11 is 0. The second-order valence-corrected chi connectivity index (χ2v) is 5.93. The van der Waals surface area contributed by atoms with Crippen LogP contribution in [0.15, 0.2) is 78.9 Å². The van der Waals surface area contributed by atoms with E-state index in [0.29, 0.717) is 22.8 Å². The first-order valence-electron chi connectivity index (χ1n) is 8.42. The van der Waals surface area contributed by atoms with Crippen LogP contribution in [0.2, 0.25) is 0 Å². The van der Waals surface area contributed by atoms with Gasteiger partial charge in [0.25, 0.3) is 5.91 Å². The van der Waals surface area contributed by atoms with E-state index in [2.05, 4.69) is 10.6 Å². The first-order valence-corrected chi connectivity index (χ1v) is 8.42. The molecule has 0 aliphatic carbocycles. The van der Waals surface area contributed by atoms with Gasteiger partial charge in [0.15, 0.2) is 6.61 Å². The molecule has 1 amide bonds. The molecule has 4 nitrogen and oxygen atoms in total. The smallest absolute Gasteiger partial charge is 0.416 e. The van der Waals surface area contributed by atoms with Crippen molar-refractivity contribution in [3.8, 4) is 5.75 Å². The minimum Gasteiger partial charge on any atom is -0.484 e. The number of benzene rings is 3. The van der Waals surface area contributed by atoms with E-state index < -0.39 is 11.7 Å². The lowest BCUT2D eigenvalue weighted by Crippen LogP contribution is -2.20. The topological polar surface area (TPSA) is 50.4 Å². The summed E-state index contributed by atoms with van der Waals surface area (Å²) in [4.78, 5) is 11.9. The Bertz CT molecular complexity index is 909. The van der Waals surface area contributed by atoms with Gasteiger partial charge < -0.3 is 15.4 Å². The monoisotopic (exact) mass is 386 g/mol. The Balaban J connectivity index is 1.52. The molecule has 0 saturated carbocycles. The van der Waals surface area contributed by atoms with Crippen molar-refractivity contribution in [1.82, 2.24) is 0 Å². The molecule has 0 fully saturated rings. The van der Waals surface area contributed by atoms with Crippen molar-refractivity contribution in [2.45, 2.75) is 6.18 Å². The van der Waals surface area contributed by atoms with Crippen LogP contribution >= 0.6 is 0 Å². The lowest BCUT2D eigenvalue weighted by Gasteiger charge is -2.11. The van der Waals surface area contributed by atoms with Gasteiger partial charge >= 0.3 is 6.18 Å². The second kappa shape index (κ2) is 8.47. The van der Waals surface area contributed by atoms with Gasteiger partial charge in [0, 0.05) is 17.1 Å². The fraction of sp³-hybridized carbons (Fsp3) is 0.0952. The zero-order valence-corrected chi connectivity index (χ0v) is 14.7. The van der Waals surface area contributed by atoms with Crippen LogP contribution in [0, 0.1) is 0 Å². The minimum absolute atomic E-state index is 0.116. The summed E-state index contributed by atoms with van der Waals surface area (Å²) in [5.41, 5.74) is 1.09. The largest absolute Gasteiger partial charge is 0.484 e. The third-order valence-electron chi connectivity index (χ3n) is 3.78. The van der Waals surface area contributed by atoms with Gasteiger partial charge in [0.05, 0.1) is 5.56 Å². The van der Waals surface area contributed by atoms with Crippen molar-refractivity contribution >= 4 is 23.0 Å². The third kappa shape index (κ3) is 5.51. The van der Waals surface area contributed by atoms with E-state index in [-0.39, 0.29) is 12.5 Å². The van der Waals surface area contributed by atoms with Gasteiger partial charge in [-0.25, -0.2) is 0 Å². The number of ether oxygens (including phenoxy) is 1. The van der Waals surface area contributed by atoms with E-state index in [0.717, 1.165) is 12.1 Å². The predicted molar refractivity (Wildman–Crippen MR) is 102 cm³/mol. The maximum Gasteiger partial charge on any atom is 0.416 e. The Kier molecular flexibility index (Phi) is 5.84. The van der Waals surface area contributed by atoms with Gasteiger partial charge in [-0.1, -0.05) is 18.2 Å². The zero-order valence-electron chi connectivity index (χ0n) is 14.7. The van der Waals surface area contributed by atoms with Crippen LogP contribution in [0.3, 0.4) is 0 Å². The third-order valence-corrected chi connectivity index (χ3v) is 3.78. The molecule has 28 heavy (non-hydrogen) atoms. The quantitative estimate of drug-likeness (QED) is 0.591. The van der Waals surface area contributed by atoms with Crippen molar-refractivity contribution in [2.75, 3.05) is 17.2 Å². The fourth-order valence-electron chi connectivity index (χ4n) is 2.41. The van der Waals surface area contributed by atoms with Crippen LogP contribution in [0.5, 0.6) is 5.75 Å². The highest BCUT2D eigenvalue weighted by atomic mass is 19.4. The molecule has 0 aliphatic rings. The molecule has 3 aromatic carbocycles. The number of nitrogens with one attached hydrogen (secondary N) is 2. The highest BCUT2D eigenvalue weighted by molar-refractivity contribution is 5.92. The molecule has 0 heterocycles. The number of hydrogen-bond acceptors (Lipinski definition) is 3. The number of anilines is 3. The Morgan fingerprint density at radius 3 is 1.89 bits per heavy atom. The van der Waals surface area contributed by atoms with Crippen LogP contribution in [-0.4, -0.2) is 12.5 Å². The van der Waals surface area contributed by atoms with Gasteiger partial charge in [-0.15, -0.1) is 0 Å². The number of para-hydroxylation sites is 1. The highest BCUT2D eigenvalue weighted by Crippen LogP contribution is 2.30. The number of rotatable bonds is 6. The summed E-state index contributed by atoms with van der Waals surface area (Å²) in [5, 5.41) is 5.72. The van der Waals surface area contributed by atoms with Crippen molar-refractivity contribution < 1.29 is 22.7 Å². The Hall–Kier alpha value is -3.48. The molecular weight excluding hydrogens is 369 g/mol. The van der Waals surface area contributed by atoms with E-state index >= 15 is 0 Å². The molecule has 0 aliphatic heterocycles. The van der Waals surface area contributed by atoms with Gasteiger partial charge in [0.2, 0.25) is 0 Å². The Morgan fingerprint density at radius 2 is 1.32 bits per heavy atom. The average Bonchev–Trinajstić information content (AvgIpc) is 2.68. The number of halogens is 3. The molecule has 0 atom stereocenters. The number of amides is 1. The Morgan fingerprint density at radius 1 is 0.786 bits per heavy atom. The van der Waals surface area contributed by atoms with Crippen LogP contribution in [-0.2, 0) is 11.0 Å². The van der Waals surface area contributed by atoms with Crippen molar-refractivity contribution in [3.05, 3.63) is 84.4 Å². The molecule has 3 rings (SSSR count). The number of carbonyl (C=O) groups excluding carboxylic acids is 1. The molecular formula is C21H17F3N2O2. The van der Waals surface area contributed by atoms with E-state index in [1.54, 1.807) is 36.4 Å². The number of hydrogen-bond donors (Lipinski definition) is 2. The van der Waals surface area contributed by atoms with E-state index in [1.165, 1.54) is 12.1 Å². The van der Waals surface area contributed by atoms with E-state index in [4.69, 9.17) is 4.74 Å². The average molecular weight is 386 g/mol. The van der Waals surface area contributed by atoms with Crippen molar-refractivity contribution in [2.24, 2.45) is 0 Å². The molecule has 0 saturated heterocycles. The van der Waals surface area contributed by atoms with Crippen molar-refractivity contribution in [1.29, 1.82) is 0 Å². The SMILES string of the molecule is O=C(COc1ccccc1)Nc1ccc(Nc2ccc(C(F)(F)F)cc2)cc1. The minimum atomic E-state index is -4.36. The lowest BCUT2D eigenvalue weighted by molar-refractivity contribution is -0.137. The van der Waals surface area contributed by atoms with E-state index in [9.17, 15) is 18.0 Å². The summed E-state index contributed by atoms with van der Waals surface area (Å²) < 4.78 is 43.1. The predicted octanol–water partition coefficient (Wildman–Crippen LogP) is 5.47. The van der Waals surface area contributed by atoms with Gasteiger partial charge in [-0.2, -0.15) is 13.2 Å². The molecule has 0 aromatic heterocycles. The van der Waals surface area contributed by atoms with Crippen LogP contribution in [0.1, 0.15) is 5.56 Å². The van der Waals surface area contributed by atoms with Crippen molar-refractivity contribution in [3.63, 3.8) is 0 Å². The lowest BCUT2D eigenvalue weighted by atomic mass is 10.2. The summed E-state index contributed by atoms with van der Waals surface area (Å²) in [6.07, 6.45) is -4.36. The number of alkyl halides is 3. The first-order chi connectivity index (χ1) is 13.4. The molecule has 7 heteroatoms. The fourth-order valence-corrected chi connectivity index (χ4v) is 2.41. The van der Waals surface area contributed by atoms with Gasteiger partial charge in [-0.3, -0.25) is 4.79 Å². The molecule has 0 spiro atoms. The highest BCUT2D eigenvalue weighted by Gasteiger charge is 2.29. The number of carbonyl (C=O) groups is 1. The van der Waals surface area contributed by atoms with Crippen LogP contribution in [0.4, 0.5) is 30.2 Å².